The number of piperidine rings is 1. The average Bonchev–Trinajstić information content (AvgIpc) is 2.73. The van der Waals surface area contributed by atoms with Crippen LogP contribution in [0.25, 0.3) is 0 Å². The zero-order valence-corrected chi connectivity index (χ0v) is 19.9. The van der Waals surface area contributed by atoms with E-state index in [-0.39, 0.29) is 11.9 Å². The van der Waals surface area contributed by atoms with E-state index in [2.05, 4.69) is 41.4 Å². The third-order valence-electron chi connectivity index (χ3n) is 6.28. The first kappa shape index (κ1) is 23.1. The van der Waals surface area contributed by atoms with Gasteiger partial charge in [-0.15, -0.1) is 0 Å². The molecule has 6 nitrogen and oxygen atoms in total. The number of sulfonamides is 1. The summed E-state index contributed by atoms with van der Waals surface area (Å²) in [6.45, 7) is 8.21. The van der Waals surface area contributed by atoms with Gasteiger partial charge in [-0.1, -0.05) is 25.1 Å². The average molecular weight is 444 g/mol. The molecule has 1 heterocycles. The molecule has 0 saturated carbocycles. The molecule has 7 heteroatoms. The van der Waals surface area contributed by atoms with Gasteiger partial charge in [0.05, 0.1) is 18.0 Å². The molecule has 1 fully saturated rings. The highest BCUT2D eigenvalue weighted by Crippen LogP contribution is 2.26. The van der Waals surface area contributed by atoms with Crippen LogP contribution in [-0.2, 0) is 10.0 Å². The fourth-order valence-electron chi connectivity index (χ4n) is 3.99. The first-order chi connectivity index (χ1) is 14.6. The lowest BCUT2D eigenvalue weighted by Gasteiger charge is -2.32. The SMILES string of the molecule is Cc1c(C(=O)N[C@H](C)c2ccc(N3CCC(C)CC3)cc2)cccc1N(C)S(C)(=O)=O. The smallest absolute Gasteiger partial charge is 0.252 e. The summed E-state index contributed by atoms with van der Waals surface area (Å²) in [4.78, 5) is 15.3. The normalized spacial score (nSPS) is 16.1. The molecule has 3 rings (SSSR count). The Labute approximate surface area is 186 Å². The van der Waals surface area contributed by atoms with Gasteiger partial charge in [0, 0.05) is 31.4 Å². The molecule has 1 saturated heterocycles. The Morgan fingerprint density at radius 1 is 1.13 bits per heavy atom. The van der Waals surface area contributed by atoms with Gasteiger partial charge in [-0.05, 0) is 68.0 Å². The Bertz CT molecular complexity index is 1030. The van der Waals surface area contributed by atoms with Crippen molar-refractivity contribution in [2.24, 2.45) is 5.92 Å². The summed E-state index contributed by atoms with van der Waals surface area (Å²) in [5, 5.41) is 3.04. The van der Waals surface area contributed by atoms with Crippen molar-refractivity contribution in [3.63, 3.8) is 0 Å². The van der Waals surface area contributed by atoms with E-state index >= 15 is 0 Å². The van der Waals surface area contributed by atoms with E-state index in [1.54, 1.807) is 25.1 Å². The summed E-state index contributed by atoms with van der Waals surface area (Å²) in [5.41, 5.74) is 3.86. The van der Waals surface area contributed by atoms with Crippen LogP contribution in [0.15, 0.2) is 42.5 Å². The highest BCUT2D eigenvalue weighted by molar-refractivity contribution is 7.92. The molecule has 0 aliphatic carbocycles. The topological polar surface area (TPSA) is 69.7 Å². The number of carbonyl (C=O) groups excluding carboxylic acids is 1. The summed E-state index contributed by atoms with van der Waals surface area (Å²) < 4.78 is 25.0. The molecule has 1 aliphatic heterocycles. The fraction of sp³-hybridized carbons (Fsp3) is 0.458. The minimum absolute atomic E-state index is 0.168. The maximum absolute atomic E-state index is 12.9. The van der Waals surface area contributed by atoms with Crippen molar-refractivity contribution >= 4 is 27.3 Å². The molecule has 168 valence electrons. The van der Waals surface area contributed by atoms with Crippen molar-refractivity contribution in [1.29, 1.82) is 0 Å². The van der Waals surface area contributed by atoms with E-state index in [1.165, 1.54) is 29.9 Å². The number of hydrogen-bond acceptors (Lipinski definition) is 4. The van der Waals surface area contributed by atoms with Crippen LogP contribution in [-0.4, -0.2) is 40.7 Å². The predicted molar refractivity (Wildman–Crippen MR) is 127 cm³/mol. The lowest BCUT2D eigenvalue weighted by molar-refractivity contribution is 0.0939. The van der Waals surface area contributed by atoms with Gasteiger partial charge in [-0.3, -0.25) is 9.10 Å². The number of carbonyl (C=O) groups is 1. The molecule has 1 N–H and O–H groups in total. The molecule has 0 aromatic heterocycles. The molecule has 0 bridgehead atoms. The number of nitrogens with one attached hydrogen (secondary N) is 1. The highest BCUT2D eigenvalue weighted by atomic mass is 32.2. The summed E-state index contributed by atoms with van der Waals surface area (Å²) in [5.74, 6) is 0.577. The van der Waals surface area contributed by atoms with Crippen LogP contribution in [0.5, 0.6) is 0 Å². The lowest BCUT2D eigenvalue weighted by atomic mass is 9.98. The van der Waals surface area contributed by atoms with Crippen LogP contribution in [0.4, 0.5) is 11.4 Å². The van der Waals surface area contributed by atoms with E-state index in [0.717, 1.165) is 30.8 Å². The van der Waals surface area contributed by atoms with E-state index in [1.807, 2.05) is 6.92 Å². The van der Waals surface area contributed by atoms with Gasteiger partial charge in [-0.25, -0.2) is 8.42 Å². The Balaban J connectivity index is 1.71. The number of hydrogen-bond donors (Lipinski definition) is 1. The van der Waals surface area contributed by atoms with Crippen molar-refractivity contribution < 1.29 is 13.2 Å². The minimum atomic E-state index is -3.41. The number of amides is 1. The molecule has 1 amide bonds. The van der Waals surface area contributed by atoms with Gasteiger partial charge >= 0.3 is 0 Å². The molecule has 2 aromatic rings. The van der Waals surface area contributed by atoms with Gasteiger partial charge in [-0.2, -0.15) is 0 Å². The second-order valence-corrected chi connectivity index (χ2v) is 10.7. The first-order valence-electron chi connectivity index (χ1n) is 10.8. The van der Waals surface area contributed by atoms with Crippen molar-refractivity contribution in [2.45, 2.75) is 39.7 Å². The van der Waals surface area contributed by atoms with Crippen molar-refractivity contribution in [3.8, 4) is 0 Å². The van der Waals surface area contributed by atoms with Crippen LogP contribution >= 0.6 is 0 Å². The van der Waals surface area contributed by atoms with Crippen molar-refractivity contribution in [1.82, 2.24) is 5.32 Å². The monoisotopic (exact) mass is 443 g/mol. The zero-order valence-electron chi connectivity index (χ0n) is 19.1. The molecule has 31 heavy (non-hydrogen) atoms. The Kier molecular flexibility index (Phi) is 6.94. The third kappa shape index (κ3) is 5.39. The molecular weight excluding hydrogens is 410 g/mol. The molecule has 1 aliphatic rings. The van der Waals surface area contributed by atoms with E-state index in [4.69, 9.17) is 0 Å². The van der Waals surface area contributed by atoms with Gasteiger partial charge in [0.25, 0.3) is 5.91 Å². The van der Waals surface area contributed by atoms with E-state index in [9.17, 15) is 13.2 Å². The van der Waals surface area contributed by atoms with Gasteiger partial charge < -0.3 is 10.2 Å². The van der Waals surface area contributed by atoms with Crippen molar-refractivity contribution in [2.75, 3.05) is 35.6 Å². The third-order valence-corrected chi connectivity index (χ3v) is 7.47. The number of anilines is 2. The number of nitrogens with zero attached hydrogens (tertiary/aromatic N) is 2. The van der Waals surface area contributed by atoms with Gasteiger partial charge in [0.2, 0.25) is 10.0 Å². The maximum atomic E-state index is 12.9. The van der Waals surface area contributed by atoms with E-state index < -0.39 is 10.0 Å². The van der Waals surface area contributed by atoms with E-state index in [0.29, 0.717) is 16.8 Å². The molecule has 0 spiro atoms. The van der Waals surface area contributed by atoms with Crippen molar-refractivity contribution in [3.05, 3.63) is 59.2 Å². The summed E-state index contributed by atoms with van der Waals surface area (Å²) in [6, 6.07) is 13.4. The number of rotatable bonds is 6. The largest absolute Gasteiger partial charge is 0.372 e. The zero-order chi connectivity index (χ0) is 22.8. The molecular formula is C24H33N3O3S. The second kappa shape index (κ2) is 9.30. The Morgan fingerprint density at radius 3 is 2.32 bits per heavy atom. The van der Waals surface area contributed by atoms with Crippen LogP contribution in [0, 0.1) is 12.8 Å². The maximum Gasteiger partial charge on any atom is 0.252 e. The number of benzene rings is 2. The van der Waals surface area contributed by atoms with Crippen LogP contribution in [0.1, 0.15) is 54.2 Å². The standard InChI is InChI=1S/C24H33N3O3S/c1-17-13-15-27(16-14-17)21-11-9-20(10-12-21)19(3)25-24(28)22-7-6-8-23(18(22)2)26(4)31(5,29)30/h6-12,17,19H,13-16H2,1-5H3,(H,25,28)/t19-/m1/s1. The quantitative estimate of drug-likeness (QED) is 0.729. The Hall–Kier alpha value is -2.54. The predicted octanol–water partition coefficient (Wildman–Crippen LogP) is 4.12. The molecule has 1 atom stereocenters. The summed E-state index contributed by atoms with van der Waals surface area (Å²) in [6.07, 6.45) is 3.59. The molecule has 0 radical (unpaired) electrons. The van der Waals surface area contributed by atoms with Gasteiger partial charge in [0.1, 0.15) is 0 Å². The van der Waals surface area contributed by atoms with Crippen LogP contribution in [0.2, 0.25) is 0 Å². The highest BCUT2D eigenvalue weighted by Gasteiger charge is 2.20. The van der Waals surface area contributed by atoms with Crippen LogP contribution < -0.4 is 14.5 Å². The minimum Gasteiger partial charge on any atom is -0.372 e. The molecule has 0 unspecified atom stereocenters. The summed E-state index contributed by atoms with van der Waals surface area (Å²) in [7, 11) is -1.91. The second-order valence-electron chi connectivity index (χ2n) is 8.64. The molecule has 2 aromatic carbocycles. The lowest BCUT2D eigenvalue weighted by Crippen LogP contribution is -2.32. The summed E-state index contributed by atoms with van der Waals surface area (Å²) >= 11 is 0. The first-order valence-corrected chi connectivity index (χ1v) is 12.6. The fourth-order valence-corrected chi connectivity index (χ4v) is 4.54. The van der Waals surface area contributed by atoms with Gasteiger partial charge in [0.15, 0.2) is 0 Å². The Morgan fingerprint density at radius 2 is 1.74 bits per heavy atom. The van der Waals surface area contributed by atoms with Crippen LogP contribution in [0.3, 0.4) is 0 Å².